The minimum Gasteiger partial charge on any atom is -0.464 e. The molecule has 0 aliphatic rings. The van der Waals surface area contributed by atoms with Crippen molar-refractivity contribution in [1.29, 1.82) is 5.41 Å². The van der Waals surface area contributed by atoms with Gasteiger partial charge in [0, 0.05) is 13.3 Å². The number of hydrogen-bond donors (Lipinski definition) is 2. The maximum atomic E-state index is 11.1. The number of nitrogens with zero attached hydrogens (tertiary/aromatic N) is 1. The van der Waals surface area contributed by atoms with E-state index in [1.54, 1.807) is 19.2 Å². The predicted molar refractivity (Wildman–Crippen MR) is 53.0 cm³/mol. The zero-order valence-corrected chi connectivity index (χ0v) is 8.00. The fourth-order valence-corrected chi connectivity index (χ4v) is 1.01. The van der Waals surface area contributed by atoms with Gasteiger partial charge in [-0.1, -0.05) is 0 Å². The van der Waals surface area contributed by atoms with Crippen LogP contribution in [-0.2, 0) is 4.74 Å². The number of pyridine rings is 1. The Kier molecular flexibility index (Phi) is 3.17. The summed E-state index contributed by atoms with van der Waals surface area (Å²) in [6.45, 7) is 0. The standard InChI is InChI=1S/C9H11N3O2/c1-11-6-3-4-7(9(13)14-2)12-8(6)5-10/h3-5,10-11H,1-2H3. The first-order valence-electron chi connectivity index (χ1n) is 4.00. The van der Waals surface area contributed by atoms with E-state index in [0.29, 0.717) is 11.4 Å². The maximum absolute atomic E-state index is 11.1. The number of rotatable bonds is 3. The summed E-state index contributed by atoms with van der Waals surface area (Å²) in [7, 11) is 3.02. The summed E-state index contributed by atoms with van der Waals surface area (Å²) in [4.78, 5) is 15.1. The van der Waals surface area contributed by atoms with Crippen LogP contribution in [0.1, 0.15) is 16.2 Å². The Bertz CT molecular complexity index is 363. The van der Waals surface area contributed by atoms with Gasteiger partial charge in [-0.2, -0.15) is 0 Å². The molecule has 0 amide bonds. The average Bonchev–Trinajstić information content (AvgIpc) is 2.26. The van der Waals surface area contributed by atoms with E-state index in [4.69, 9.17) is 5.41 Å². The minimum absolute atomic E-state index is 0.199. The molecule has 0 spiro atoms. The van der Waals surface area contributed by atoms with Gasteiger partial charge < -0.3 is 15.5 Å². The van der Waals surface area contributed by atoms with E-state index in [-0.39, 0.29) is 5.69 Å². The molecule has 1 aromatic heterocycles. The zero-order valence-electron chi connectivity index (χ0n) is 8.00. The minimum atomic E-state index is -0.504. The summed E-state index contributed by atoms with van der Waals surface area (Å²) in [6.07, 6.45) is 1.08. The predicted octanol–water partition coefficient (Wildman–Crippen LogP) is 0.908. The molecule has 74 valence electrons. The van der Waals surface area contributed by atoms with E-state index in [1.165, 1.54) is 7.11 Å². The van der Waals surface area contributed by atoms with Gasteiger partial charge in [0.25, 0.3) is 0 Å². The number of methoxy groups -OCH3 is 1. The first-order valence-corrected chi connectivity index (χ1v) is 4.00. The van der Waals surface area contributed by atoms with Crippen LogP contribution in [0.2, 0.25) is 0 Å². The van der Waals surface area contributed by atoms with Gasteiger partial charge in [0.1, 0.15) is 11.4 Å². The number of carbonyl (C=O) groups is 1. The van der Waals surface area contributed by atoms with Crippen molar-refractivity contribution in [3.05, 3.63) is 23.5 Å². The molecule has 0 unspecified atom stereocenters. The molecule has 5 heteroatoms. The number of anilines is 1. The smallest absolute Gasteiger partial charge is 0.356 e. The highest BCUT2D eigenvalue weighted by atomic mass is 16.5. The monoisotopic (exact) mass is 193 g/mol. The van der Waals surface area contributed by atoms with E-state index in [1.807, 2.05) is 0 Å². The van der Waals surface area contributed by atoms with E-state index in [2.05, 4.69) is 15.0 Å². The molecule has 0 bridgehead atoms. The molecular weight excluding hydrogens is 182 g/mol. The van der Waals surface area contributed by atoms with Crippen LogP contribution in [0, 0.1) is 5.41 Å². The fourth-order valence-electron chi connectivity index (χ4n) is 1.01. The molecule has 0 aliphatic heterocycles. The van der Waals surface area contributed by atoms with Crippen molar-refractivity contribution in [1.82, 2.24) is 4.98 Å². The van der Waals surface area contributed by atoms with Crippen LogP contribution in [0.3, 0.4) is 0 Å². The van der Waals surface area contributed by atoms with Gasteiger partial charge in [-0.15, -0.1) is 0 Å². The summed E-state index contributed by atoms with van der Waals surface area (Å²) >= 11 is 0. The second-order valence-electron chi connectivity index (χ2n) is 2.52. The summed E-state index contributed by atoms with van der Waals surface area (Å²) in [6, 6.07) is 3.23. The Morgan fingerprint density at radius 3 is 2.86 bits per heavy atom. The van der Waals surface area contributed by atoms with Crippen LogP contribution in [0.4, 0.5) is 5.69 Å². The van der Waals surface area contributed by atoms with Crippen molar-refractivity contribution in [2.45, 2.75) is 0 Å². The Balaban J connectivity index is 3.13. The molecule has 0 saturated heterocycles. The Morgan fingerprint density at radius 2 is 2.36 bits per heavy atom. The van der Waals surface area contributed by atoms with Gasteiger partial charge in [0.15, 0.2) is 0 Å². The molecule has 0 saturated carbocycles. The molecule has 0 aromatic carbocycles. The Labute approximate surface area is 81.6 Å². The van der Waals surface area contributed by atoms with Crippen LogP contribution in [-0.4, -0.2) is 31.3 Å². The molecule has 2 N–H and O–H groups in total. The van der Waals surface area contributed by atoms with Crippen molar-refractivity contribution in [2.75, 3.05) is 19.5 Å². The lowest BCUT2D eigenvalue weighted by molar-refractivity contribution is 0.0594. The first-order chi connectivity index (χ1) is 6.72. The highest BCUT2D eigenvalue weighted by molar-refractivity contribution is 5.90. The summed E-state index contributed by atoms with van der Waals surface area (Å²) in [5.74, 6) is -0.504. The second kappa shape index (κ2) is 4.36. The topological polar surface area (TPSA) is 75.1 Å². The summed E-state index contributed by atoms with van der Waals surface area (Å²) in [5.41, 5.74) is 1.31. The van der Waals surface area contributed by atoms with Crippen molar-refractivity contribution >= 4 is 17.9 Å². The third-order valence-electron chi connectivity index (χ3n) is 1.73. The average molecular weight is 193 g/mol. The normalized spacial score (nSPS) is 9.29. The van der Waals surface area contributed by atoms with Gasteiger partial charge in [-0.25, -0.2) is 9.78 Å². The largest absolute Gasteiger partial charge is 0.464 e. The number of ether oxygens (including phenoxy) is 1. The molecule has 0 radical (unpaired) electrons. The first kappa shape index (κ1) is 10.2. The number of carbonyl (C=O) groups excluding carboxylic acids is 1. The van der Waals surface area contributed by atoms with Crippen LogP contribution >= 0.6 is 0 Å². The third-order valence-corrected chi connectivity index (χ3v) is 1.73. The molecular formula is C9H11N3O2. The molecule has 5 nitrogen and oxygen atoms in total. The molecule has 1 aromatic rings. The highest BCUT2D eigenvalue weighted by Gasteiger charge is 2.09. The Hall–Kier alpha value is -1.91. The lowest BCUT2D eigenvalue weighted by Gasteiger charge is -2.05. The lowest BCUT2D eigenvalue weighted by Crippen LogP contribution is -2.07. The number of aromatic nitrogens is 1. The molecule has 0 aliphatic carbocycles. The quantitative estimate of drug-likeness (QED) is 0.552. The van der Waals surface area contributed by atoms with Crippen molar-refractivity contribution in [2.24, 2.45) is 0 Å². The molecule has 1 rings (SSSR count). The second-order valence-corrected chi connectivity index (χ2v) is 2.52. The highest BCUT2D eigenvalue weighted by Crippen LogP contribution is 2.11. The Morgan fingerprint density at radius 1 is 1.64 bits per heavy atom. The maximum Gasteiger partial charge on any atom is 0.356 e. The van der Waals surface area contributed by atoms with Crippen LogP contribution < -0.4 is 5.32 Å². The van der Waals surface area contributed by atoms with E-state index in [0.717, 1.165) is 6.21 Å². The summed E-state index contributed by atoms with van der Waals surface area (Å²) in [5, 5.41) is 9.97. The molecule has 0 atom stereocenters. The van der Waals surface area contributed by atoms with E-state index >= 15 is 0 Å². The third kappa shape index (κ3) is 1.87. The molecule has 14 heavy (non-hydrogen) atoms. The number of esters is 1. The van der Waals surface area contributed by atoms with E-state index < -0.39 is 5.97 Å². The summed E-state index contributed by atoms with van der Waals surface area (Å²) < 4.78 is 4.51. The van der Waals surface area contributed by atoms with Crippen LogP contribution in [0.5, 0.6) is 0 Å². The van der Waals surface area contributed by atoms with E-state index in [9.17, 15) is 4.79 Å². The van der Waals surface area contributed by atoms with Gasteiger partial charge in [0.2, 0.25) is 0 Å². The SMILES string of the molecule is CNc1ccc(C(=O)OC)nc1C=N. The van der Waals surface area contributed by atoms with Crippen LogP contribution in [0.15, 0.2) is 12.1 Å². The number of nitrogens with one attached hydrogen (secondary N) is 2. The van der Waals surface area contributed by atoms with Crippen molar-refractivity contribution in [3.8, 4) is 0 Å². The van der Waals surface area contributed by atoms with Gasteiger partial charge in [0.05, 0.1) is 12.8 Å². The zero-order chi connectivity index (χ0) is 10.6. The van der Waals surface area contributed by atoms with Gasteiger partial charge in [-0.05, 0) is 12.1 Å². The van der Waals surface area contributed by atoms with Crippen molar-refractivity contribution in [3.63, 3.8) is 0 Å². The fraction of sp³-hybridized carbons (Fsp3) is 0.222. The van der Waals surface area contributed by atoms with Crippen molar-refractivity contribution < 1.29 is 9.53 Å². The molecule has 1 heterocycles. The number of hydrogen-bond acceptors (Lipinski definition) is 5. The van der Waals surface area contributed by atoms with Crippen LogP contribution in [0.25, 0.3) is 0 Å². The van der Waals surface area contributed by atoms with Gasteiger partial charge in [-0.3, -0.25) is 0 Å². The van der Waals surface area contributed by atoms with Gasteiger partial charge >= 0.3 is 5.97 Å². The lowest BCUT2D eigenvalue weighted by atomic mass is 10.2. The molecule has 0 fully saturated rings.